The molecule has 1 heterocycles. The van der Waals surface area contributed by atoms with E-state index in [2.05, 4.69) is 10.5 Å². The number of halogens is 1. The first-order chi connectivity index (χ1) is 9.88. The van der Waals surface area contributed by atoms with Gasteiger partial charge >= 0.3 is 0 Å². The van der Waals surface area contributed by atoms with E-state index in [1.807, 2.05) is 0 Å². The van der Waals surface area contributed by atoms with Gasteiger partial charge in [-0.1, -0.05) is 16.8 Å². The number of anilines is 1. The van der Waals surface area contributed by atoms with Crippen molar-refractivity contribution in [1.29, 1.82) is 0 Å². The number of aromatic nitrogens is 1. The number of nitro benzene ring substituents is 1. The predicted octanol–water partition coefficient (Wildman–Crippen LogP) is 3.03. The molecule has 0 unspecified atom stereocenters. The lowest BCUT2D eigenvalue weighted by Crippen LogP contribution is -2.15. The minimum atomic E-state index is -0.605. The number of rotatable bonds is 4. The fraction of sp³-hybridized carbons (Fsp3) is 0.231. The lowest BCUT2D eigenvalue weighted by Gasteiger charge is -2.05. The maximum Gasteiger partial charge on any atom is 0.289 e. The summed E-state index contributed by atoms with van der Waals surface area (Å²) in [6, 6.07) is 4.08. The number of benzene rings is 1. The molecule has 0 saturated heterocycles. The molecule has 1 aromatic heterocycles. The number of amides is 1. The molecule has 8 heteroatoms. The van der Waals surface area contributed by atoms with Gasteiger partial charge in [-0.15, -0.1) is 0 Å². The highest BCUT2D eigenvalue weighted by Crippen LogP contribution is 2.27. The first-order valence-corrected chi connectivity index (χ1v) is 6.42. The van der Waals surface area contributed by atoms with Gasteiger partial charge in [0.2, 0.25) is 5.91 Å². The van der Waals surface area contributed by atoms with Crippen LogP contribution in [0.4, 0.5) is 11.4 Å². The molecule has 0 aliphatic carbocycles. The summed E-state index contributed by atoms with van der Waals surface area (Å²) in [5.41, 5.74) is 1.40. The van der Waals surface area contributed by atoms with E-state index in [4.69, 9.17) is 16.1 Å². The highest BCUT2D eigenvalue weighted by molar-refractivity contribution is 6.32. The minimum absolute atomic E-state index is 0.0173. The molecule has 2 aromatic rings. The van der Waals surface area contributed by atoms with Gasteiger partial charge in [-0.2, -0.15) is 0 Å². The van der Waals surface area contributed by atoms with Gasteiger partial charge in [0, 0.05) is 17.3 Å². The zero-order valence-corrected chi connectivity index (χ0v) is 12.1. The molecule has 0 bridgehead atoms. The second-order valence-corrected chi connectivity index (χ2v) is 4.86. The summed E-state index contributed by atoms with van der Waals surface area (Å²) in [5.74, 6) is 0.255. The van der Waals surface area contributed by atoms with Crippen LogP contribution in [0.1, 0.15) is 17.0 Å². The normalized spacial score (nSPS) is 10.4. The van der Waals surface area contributed by atoms with Gasteiger partial charge in [-0.05, 0) is 26.0 Å². The number of carbonyl (C=O) groups is 1. The number of nitro groups is 1. The molecule has 0 atom stereocenters. The number of nitrogens with one attached hydrogen (secondary N) is 1. The lowest BCUT2D eigenvalue weighted by molar-refractivity contribution is -0.384. The van der Waals surface area contributed by atoms with Crippen molar-refractivity contribution in [3.63, 3.8) is 0 Å². The third kappa shape index (κ3) is 3.38. The van der Waals surface area contributed by atoms with Gasteiger partial charge in [-0.3, -0.25) is 14.9 Å². The van der Waals surface area contributed by atoms with Crippen molar-refractivity contribution in [1.82, 2.24) is 5.16 Å². The number of aryl methyl sites for hydroxylation is 2. The fourth-order valence-electron chi connectivity index (χ4n) is 1.85. The van der Waals surface area contributed by atoms with E-state index in [1.54, 1.807) is 13.8 Å². The van der Waals surface area contributed by atoms with Crippen LogP contribution in [0.25, 0.3) is 0 Å². The molecule has 2 rings (SSSR count). The molecule has 0 spiro atoms. The molecule has 7 nitrogen and oxygen atoms in total. The van der Waals surface area contributed by atoms with E-state index in [1.165, 1.54) is 18.2 Å². The van der Waals surface area contributed by atoms with Crippen molar-refractivity contribution < 1.29 is 14.2 Å². The Bertz CT molecular complexity index is 692. The Morgan fingerprint density at radius 3 is 2.76 bits per heavy atom. The molecular weight excluding hydrogens is 298 g/mol. The zero-order chi connectivity index (χ0) is 15.6. The van der Waals surface area contributed by atoms with Crippen molar-refractivity contribution in [3.8, 4) is 0 Å². The molecule has 1 aromatic carbocycles. The molecule has 1 N–H and O–H groups in total. The smallest absolute Gasteiger partial charge is 0.289 e. The van der Waals surface area contributed by atoms with E-state index in [0.717, 1.165) is 0 Å². The monoisotopic (exact) mass is 309 g/mol. The lowest BCUT2D eigenvalue weighted by atomic mass is 10.1. The summed E-state index contributed by atoms with van der Waals surface area (Å²) >= 11 is 5.71. The van der Waals surface area contributed by atoms with Gasteiger partial charge in [0.25, 0.3) is 5.69 Å². The van der Waals surface area contributed by atoms with Gasteiger partial charge in [0.1, 0.15) is 10.8 Å². The first kappa shape index (κ1) is 15.0. The van der Waals surface area contributed by atoms with Crippen molar-refractivity contribution >= 4 is 28.9 Å². The highest BCUT2D eigenvalue weighted by Gasteiger charge is 2.16. The molecule has 0 radical (unpaired) electrons. The van der Waals surface area contributed by atoms with Crippen LogP contribution >= 0.6 is 11.6 Å². The van der Waals surface area contributed by atoms with Crippen LogP contribution in [0.2, 0.25) is 5.02 Å². The third-order valence-electron chi connectivity index (χ3n) is 2.95. The summed E-state index contributed by atoms with van der Waals surface area (Å²) < 4.78 is 4.98. The van der Waals surface area contributed by atoms with Gasteiger partial charge < -0.3 is 9.84 Å². The van der Waals surface area contributed by atoms with Crippen LogP contribution in [0.5, 0.6) is 0 Å². The van der Waals surface area contributed by atoms with Crippen molar-refractivity contribution in [2.45, 2.75) is 20.3 Å². The van der Waals surface area contributed by atoms with Crippen LogP contribution in [0.15, 0.2) is 22.7 Å². The van der Waals surface area contributed by atoms with Crippen LogP contribution in [-0.2, 0) is 11.2 Å². The second kappa shape index (κ2) is 5.92. The van der Waals surface area contributed by atoms with Crippen LogP contribution < -0.4 is 5.32 Å². The summed E-state index contributed by atoms with van der Waals surface area (Å²) in [6.45, 7) is 3.46. The minimum Gasteiger partial charge on any atom is -0.361 e. The van der Waals surface area contributed by atoms with Crippen LogP contribution in [-0.4, -0.2) is 16.0 Å². The highest BCUT2D eigenvalue weighted by atomic mass is 35.5. The summed E-state index contributed by atoms with van der Waals surface area (Å²) in [4.78, 5) is 22.2. The number of carbonyl (C=O) groups excluding carboxylic acids is 1. The van der Waals surface area contributed by atoms with E-state index in [-0.39, 0.29) is 23.0 Å². The quantitative estimate of drug-likeness (QED) is 0.691. The first-order valence-electron chi connectivity index (χ1n) is 6.04. The molecule has 0 fully saturated rings. The molecular formula is C13H12ClN3O4. The number of hydrogen-bond donors (Lipinski definition) is 1. The number of hydrogen-bond acceptors (Lipinski definition) is 5. The van der Waals surface area contributed by atoms with Gasteiger partial charge in [0.15, 0.2) is 0 Å². The number of nitrogens with zero attached hydrogens (tertiary/aromatic N) is 2. The van der Waals surface area contributed by atoms with Crippen molar-refractivity contribution in [3.05, 3.63) is 50.4 Å². The zero-order valence-electron chi connectivity index (χ0n) is 11.3. The summed E-state index contributed by atoms with van der Waals surface area (Å²) in [7, 11) is 0. The second-order valence-electron chi connectivity index (χ2n) is 4.45. The van der Waals surface area contributed by atoms with Crippen molar-refractivity contribution in [2.75, 3.05) is 5.32 Å². The third-order valence-corrected chi connectivity index (χ3v) is 3.26. The largest absolute Gasteiger partial charge is 0.361 e. The van der Waals surface area contributed by atoms with E-state index >= 15 is 0 Å². The molecule has 110 valence electrons. The average molecular weight is 310 g/mol. The predicted molar refractivity (Wildman–Crippen MR) is 76.4 cm³/mol. The van der Waals surface area contributed by atoms with E-state index in [0.29, 0.717) is 22.7 Å². The Hall–Kier alpha value is -2.41. The SMILES string of the molecule is Cc1noc(C)c1CC(=O)Nc1ccc(Cl)c([N+](=O)[O-])c1. The maximum atomic E-state index is 12.0. The van der Waals surface area contributed by atoms with Crippen LogP contribution in [0, 0.1) is 24.0 Å². The van der Waals surface area contributed by atoms with E-state index < -0.39 is 4.92 Å². The molecule has 0 aliphatic rings. The summed E-state index contributed by atoms with van der Waals surface area (Å²) in [6.07, 6.45) is 0.0809. The molecule has 0 saturated carbocycles. The van der Waals surface area contributed by atoms with Crippen LogP contribution in [0.3, 0.4) is 0 Å². The fourth-order valence-corrected chi connectivity index (χ4v) is 2.04. The van der Waals surface area contributed by atoms with Gasteiger partial charge in [-0.25, -0.2) is 0 Å². The van der Waals surface area contributed by atoms with Crippen molar-refractivity contribution in [2.24, 2.45) is 0 Å². The maximum absolute atomic E-state index is 12.0. The van der Waals surface area contributed by atoms with E-state index in [9.17, 15) is 14.9 Å². The standard InChI is InChI=1S/C13H12ClN3O4/c1-7-10(8(2)21-16-7)6-13(18)15-9-3-4-11(14)12(5-9)17(19)20/h3-5H,6H2,1-2H3,(H,15,18). The Morgan fingerprint density at radius 1 is 1.48 bits per heavy atom. The topological polar surface area (TPSA) is 98.3 Å². The Balaban J connectivity index is 2.13. The average Bonchev–Trinajstić information content (AvgIpc) is 2.72. The molecule has 1 amide bonds. The molecule has 21 heavy (non-hydrogen) atoms. The Kier molecular flexibility index (Phi) is 4.23. The summed E-state index contributed by atoms with van der Waals surface area (Å²) in [5, 5.41) is 17.2. The Morgan fingerprint density at radius 2 is 2.19 bits per heavy atom. The van der Waals surface area contributed by atoms with Gasteiger partial charge in [0.05, 0.1) is 17.0 Å². The Labute approximate surface area is 125 Å². The molecule has 0 aliphatic heterocycles.